The van der Waals surface area contributed by atoms with Crippen LogP contribution in [0, 0.1) is 5.41 Å². The molecule has 0 atom stereocenters. The van der Waals surface area contributed by atoms with Crippen LogP contribution in [0.5, 0.6) is 0 Å². The first kappa shape index (κ1) is 21.1. The number of carbonyl (C=O) groups is 1. The van der Waals surface area contributed by atoms with Crippen molar-refractivity contribution in [3.63, 3.8) is 0 Å². The number of hydrogen-bond donors (Lipinski definition) is 1. The number of hydrogen-bond acceptors (Lipinski definition) is 2. The molecule has 0 spiro atoms. The third-order valence-electron chi connectivity index (χ3n) is 4.78. The van der Waals surface area contributed by atoms with E-state index in [4.69, 9.17) is 0 Å². The Kier molecular flexibility index (Phi) is 5.61. The second-order valence-corrected chi connectivity index (χ2v) is 8.59. The lowest BCUT2D eigenvalue weighted by Gasteiger charge is -2.30. The molecule has 1 heterocycles. The van der Waals surface area contributed by atoms with Crippen molar-refractivity contribution in [2.45, 2.75) is 46.2 Å². The highest BCUT2D eigenvalue weighted by molar-refractivity contribution is 5.92. The lowest BCUT2D eigenvalue weighted by molar-refractivity contribution is -0.136. The third-order valence-corrected chi connectivity index (χ3v) is 4.78. The van der Waals surface area contributed by atoms with Gasteiger partial charge in [-0.25, -0.2) is 4.39 Å². The van der Waals surface area contributed by atoms with Gasteiger partial charge in [-0.05, 0) is 47.3 Å². The predicted molar refractivity (Wildman–Crippen MR) is 106 cm³/mol. The van der Waals surface area contributed by atoms with Crippen molar-refractivity contribution >= 4 is 17.3 Å². The van der Waals surface area contributed by atoms with E-state index in [1.165, 1.54) is 12.1 Å². The van der Waals surface area contributed by atoms with Crippen LogP contribution in [-0.4, -0.2) is 12.5 Å². The molecule has 0 bridgehead atoms. The summed E-state index contributed by atoms with van der Waals surface area (Å²) in [5.74, 6) is -0.732. The van der Waals surface area contributed by atoms with Gasteiger partial charge in [-0.2, -0.15) is 13.2 Å². The largest absolute Gasteiger partial charge is 0.418 e. The topological polar surface area (TPSA) is 32.3 Å². The van der Waals surface area contributed by atoms with E-state index < -0.39 is 17.6 Å². The number of anilines is 2. The molecule has 0 radical (unpaired) electrons. The van der Waals surface area contributed by atoms with Crippen molar-refractivity contribution < 1.29 is 22.4 Å². The van der Waals surface area contributed by atoms with Crippen LogP contribution in [-0.2, 0) is 11.0 Å². The monoisotopic (exact) mass is 408 g/mol. The fourth-order valence-corrected chi connectivity index (χ4v) is 3.45. The first-order valence-electron chi connectivity index (χ1n) is 9.46. The number of carbonyl (C=O) groups excluding carboxylic acids is 1. The molecule has 1 N–H and O–H groups in total. The average Bonchev–Trinajstić information content (AvgIpc) is 2.58. The average molecular weight is 408 g/mol. The molecule has 3 nitrogen and oxygen atoms in total. The fraction of sp³-hybridized carbons (Fsp3) is 0.409. The van der Waals surface area contributed by atoms with E-state index in [0.717, 1.165) is 17.2 Å². The SMILES string of the molecule is CC(C)(C)CC(=O)Nc1ccc(N2C=C3CC(F)=CC=C3CC2)cc1C(F)(F)F. The van der Waals surface area contributed by atoms with Crippen molar-refractivity contribution in [1.29, 1.82) is 0 Å². The Morgan fingerprint density at radius 3 is 2.52 bits per heavy atom. The minimum atomic E-state index is -4.62. The van der Waals surface area contributed by atoms with Crippen LogP contribution in [0.3, 0.4) is 0 Å². The van der Waals surface area contributed by atoms with Gasteiger partial charge in [0.25, 0.3) is 0 Å². The van der Waals surface area contributed by atoms with E-state index in [2.05, 4.69) is 5.32 Å². The van der Waals surface area contributed by atoms with Crippen LogP contribution >= 0.6 is 0 Å². The van der Waals surface area contributed by atoms with Crippen LogP contribution in [0.15, 0.2) is 53.5 Å². The summed E-state index contributed by atoms with van der Waals surface area (Å²) in [5, 5.41) is 2.40. The van der Waals surface area contributed by atoms with Crippen molar-refractivity contribution in [3.8, 4) is 0 Å². The van der Waals surface area contributed by atoms with Gasteiger partial charge in [0.2, 0.25) is 5.91 Å². The molecule has 2 aliphatic rings. The van der Waals surface area contributed by atoms with E-state index in [1.54, 1.807) is 23.2 Å². The molecule has 156 valence electrons. The van der Waals surface area contributed by atoms with Crippen LogP contribution in [0.2, 0.25) is 0 Å². The highest BCUT2D eigenvalue weighted by atomic mass is 19.4. The summed E-state index contributed by atoms with van der Waals surface area (Å²) in [6, 6.07) is 3.86. The molecular weight excluding hydrogens is 384 g/mol. The molecule has 1 aliphatic heterocycles. The van der Waals surface area contributed by atoms with E-state index in [1.807, 2.05) is 20.8 Å². The minimum absolute atomic E-state index is 0.110. The van der Waals surface area contributed by atoms with E-state index >= 15 is 0 Å². The Labute approximate surface area is 167 Å². The van der Waals surface area contributed by atoms with Gasteiger partial charge in [0.15, 0.2) is 0 Å². The van der Waals surface area contributed by atoms with Gasteiger partial charge >= 0.3 is 6.18 Å². The van der Waals surface area contributed by atoms with Crippen LogP contribution in [0.4, 0.5) is 28.9 Å². The molecule has 0 saturated carbocycles. The van der Waals surface area contributed by atoms with Crippen LogP contribution in [0.25, 0.3) is 0 Å². The lowest BCUT2D eigenvalue weighted by Crippen LogP contribution is -2.25. The lowest BCUT2D eigenvalue weighted by atomic mass is 9.92. The predicted octanol–water partition coefficient (Wildman–Crippen LogP) is 6.36. The van der Waals surface area contributed by atoms with Crippen LogP contribution in [0.1, 0.15) is 45.6 Å². The van der Waals surface area contributed by atoms with Gasteiger partial charge in [-0.3, -0.25) is 4.79 Å². The summed E-state index contributed by atoms with van der Waals surface area (Å²) in [7, 11) is 0. The standard InChI is InChI=1S/C22H24F4N2O/c1-21(2,3)12-20(29)27-19-7-6-17(11-18(19)22(24,25)26)28-9-8-14-4-5-16(23)10-15(14)13-28/h4-7,11,13H,8-10,12H2,1-3H3,(H,27,29). The number of nitrogens with zero attached hydrogens (tertiary/aromatic N) is 1. The van der Waals surface area contributed by atoms with E-state index in [0.29, 0.717) is 18.7 Å². The molecule has 0 fully saturated rings. The molecule has 0 saturated heterocycles. The molecule has 1 aliphatic carbocycles. The van der Waals surface area contributed by atoms with Gasteiger partial charge in [-0.1, -0.05) is 26.8 Å². The van der Waals surface area contributed by atoms with Gasteiger partial charge in [0.05, 0.1) is 11.3 Å². The molecule has 7 heteroatoms. The number of alkyl halides is 3. The number of nitrogens with one attached hydrogen (secondary N) is 1. The number of halogens is 4. The Morgan fingerprint density at radius 2 is 1.86 bits per heavy atom. The first-order chi connectivity index (χ1) is 13.4. The van der Waals surface area contributed by atoms with Crippen molar-refractivity contribution in [2.75, 3.05) is 16.8 Å². The maximum Gasteiger partial charge on any atom is 0.418 e. The zero-order valence-corrected chi connectivity index (χ0v) is 16.7. The normalized spacial score (nSPS) is 17.2. The summed E-state index contributed by atoms with van der Waals surface area (Å²) in [6.07, 6.45) is 1.12. The second-order valence-electron chi connectivity index (χ2n) is 8.59. The second kappa shape index (κ2) is 7.69. The smallest absolute Gasteiger partial charge is 0.347 e. The molecule has 3 rings (SSSR count). The van der Waals surface area contributed by atoms with E-state index in [-0.39, 0.29) is 29.8 Å². The highest BCUT2D eigenvalue weighted by Crippen LogP contribution is 2.39. The Balaban J connectivity index is 1.89. The molecule has 0 unspecified atom stereocenters. The quantitative estimate of drug-likeness (QED) is 0.591. The molecule has 29 heavy (non-hydrogen) atoms. The van der Waals surface area contributed by atoms with Crippen molar-refractivity contribution in [2.24, 2.45) is 5.41 Å². The molecular formula is C22H24F4N2O. The summed E-state index contributed by atoms with van der Waals surface area (Å²) >= 11 is 0. The molecule has 0 aromatic heterocycles. The summed E-state index contributed by atoms with van der Waals surface area (Å²) in [5.41, 5.74) is 0.640. The van der Waals surface area contributed by atoms with Gasteiger partial charge in [0, 0.05) is 31.3 Å². The van der Waals surface area contributed by atoms with Crippen molar-refractivity contribution in [3.05, 3.63) is 59.1 Å². The first-order valence-corrected chi connectivity index (χ1v) is 9.46. The number of rotatable bonds is 3. The maximum atomic E-state index is 13.7. The zero-order chi connectivity index (χ0) is 21.4. The fourth-order valence-electron chi connectivity index (χ4n) is 3.45. The van der Waals surface area contributed by atoms with Crippen LogP contribution < -0.4 is 10.2 Å². The van der Waals surface area contributed by atoms with Gasteiger partial charge in [-0.15, -0.1) is 0 Å². The number of benzene rings is 1. The van der Waals surface area contributed by atoms with E-state index in [9.17, 15) is 22.4 Å². The van der Waals surface area contributed by atoms with Gasteiger partial charge in [0.1, 0.15) is 5.83 Å². The Bertz CT molecular complexity index is 904. The summed E-state index contributed by atoms with van der Waals surface area (Å²) < 4.78 is 54.5. The Hall–Kier alpha value is -2.57. The summed E-state index contributed by atoms with van der Waals surface area (Å²) in [6.45, 7) is 6.03. The molecule has 1 aromatic rings. The van der Waals surface area contributed by atoms with Gasteiger partial charge < -0.3 is 10.2 Å². The highest BCUT2D eigenvalue weighted by Gasteiger charge is 2.35. The summed E-state index contributed by atoms with van der Waals surface area (Å²) in [4.78, 5) is 13.8. The molecule has 1 aromatic carbocycles. The minimum Gasteiger partial charge on any atom is -0.347 e. The number of amides is 1. The number of allylic oxidation sites excluding steroid dienone is 4. The number of fused-ring (bicyclic) bond motifs is 1. The maximum absolute atomic E-state index is 13.7. The van der Waals surface area contributed by atoms with Crippen molar-refractivity contribution in [1.82, 2.24) is 0 Å². The zero-order valence-electron chi connectivity index (χ0n) is 16.7. The molecule has 1 amide bonds. The Morgan fingerprint density at radius 1 is 1.14 bits per heavy atom. The third kappa shape index (κ3) is 5.28.